The summed E-state index contributed by atoms with van der Waals surface area (Å²) in [7, 11) is 0. The fourth-order valence-electron chi connectivity index (χ4n) is 2.31. The Labute approximate surface area is 118 Å². The van der Waals surface area contributed by atoms with Gasteiger partial charge in [0.05, 0.1) is 0 Å². The first-order valence-electron chi connectivity index (χ1n) is 7.01. The van der Waals surface area contributed by atoms with Crippen LogP contribution in [0.5, 0.6) is 5.75 Å². The van der Waals surface area contributed by atoms with Gasteiger partial charge >= 0.3 is 0 Å². The van der Waals surface area contributed by atoms with E-state index in [9.17, 15) is 9.18 Å². The predicted molar refractivity (Wildman–Crippen MR) is 74.8 cm³/mol. The molecule has 0 radical (unpaired) electrons. The summed E-state index contributed by atoms with van der Waals surface area (Å²) < 4.78 is 18.6. The zero-order valence-electron chi connectivity index (χ0n) is 11.7. The van der Waals surface area contributed by atoms with Crippen LogP contribution < -0.4 is 10.5 Å². The summed E-state index contributed by atoms with van der Waals surface area (Å²) in [5.74, 6) is 0.400. The highest BCUT2D eigenvalue weighted by Gasteiger charge is 2.26. The van der Waals surface area contributed by atoms with Gasteiger partial charge in [0, 0.05) is 38.4 Å². The van der Waals surface area contributed by atoms with Gasteiger partial charge in [0.2, 0.25) is 5.91 Å². The molecule has 1 unspecified atom stereocenters. The molecule has 0 spiro atoms. The number of rotatable bonds is 4. The Morgan fingerprint density at radius 1 is 1.40 bits per heavy atom. The fourth-order valence-corrected chi connectivity index (χ4v) is 2.31. The second kappa shape index (κ2) is 6.70. The van der Waals surface area contributed by atoms with Crippen molar-refractivity contribution >= 4 is 5.91 Å². The predicted octanol–water partition coefficient (Wildman–Crippen LogP) is 1.79. The van der Waals surface area contributed by atoms with E-state index >= 15 is 0 Å². The number of amides is 1. The molecule has 0 aromatic heterocycles. The van der Waals surface area contributed by atoms with Crippen molar-refractivity contribution in [2.45, 2.75) is 25.9 Å². The Bertz CT molecular complexity index is 442. The molecule has 1 atom stereocenters. The van der Waals surface area contributed by atoms with E-state index in [1.165, 1.54) is 12.1 Å². The lowest BCUT2D eigenvalue weighted by Crippen LogP contribution is -2.45. The minimum Gasteiger partial charge on any atom is -0.490 e. The van der Waals surface area contributed by atoms with Crippen LogP contribution in [0.15, 0.2) is 24.3 Å². The molecule has 1 aliphatic heterocycles. The second-order valence-electron chi connectivity index (χ2n) is 5.23. The number of likely N-dealkylation sites (tertiary alicyclic amines) is 1. The molecule has 4 nitrogen and oxygen atoms in total. The number of hydrogen-bond acceptors (Lipinski definition) is 3. The molecule has 2 N–H and O–H groups in total. The Hall–Kier alpha value is -1.62. The van der Waals surface area contributed by atoms with Crippen molar-refractivity contribution in [1.82, 2.24) is 4.90 Å². The molecule has 20 heavy (non-hydrogen) atoms. The van der Waals surface area contributed by atoms with Gasteiger partial charge in [-0.2, -0.15) is 0 Å². The molecular weight excluding hydrogens is 259 g/mol. The largest absolute Gasteiger partial charge is 0.490 e. The molecule has 5 heteroatoms. The van der Waals surface area contributed by atoms with Crippen LogP contribution in [0.3, 0.4) is 0 Å². The Morgan fingerprint density at radius 2 is 2.00 bits per heavy atom. The van der Waals surface area contributed by atoms with Crippen LogP contribution in [0.2, 0.25) is 0 Å². The number of nitrogens with two attached hydrogens (primary N) is 1. The second-order valence-corrected chi connectivity index (χ2v) is 5.23. The van der Waals surface area contributed by atoms with Crippen LogP contribution in [0.4, 0.5) is 4.39 Å². The van der Waals surface area contributed by atoms with Gasteiger partial charge < -0.3 is 15.4 Å². The Morgan fingerprint density at radius 3 is 2.55 bits per heavy atom. The van der Waals surface area contributed by atoms with E-state index in [2.05, 4.69) is 0 Å². The normalized spacial score (nSPS) is 17.9. The van der Waals surface area contributed by atoms with Crippen LogP contribution >= 0.6 is 0 Å². The summed E-state index contributed by atoms with van der Waals surface area (Å²) in [5.41, 5.74) is 5.52. The van der Waals surface area contributed by atoms with Gasteiger partial charge in [0.1, 0.15) is 17.7 Å². The van der Waals surface area contributed by atoms with Gasteiger partial charge in [-0.1, -0.05) is 6.92 Å². The van der Waals surface area contributed by atoms with Gasteiger partial charge in [0.15, 0.2) is 0 Å². The standard InChI is InChI=1S/C15H21FN2O2/c1-11(10-17)15(19)18-8-6-14(7-9-18)20-13-4-2-12(16)3-5-13/h2-5,11,14H,6-10,17H2,1H3. The topological polar surface area (TPSA) is 55.6 Å². The number of halogens is 1. The molecule has 1 aromatic rings. The van der Waals surface area contributed by atoms with E-state index in [1.54, 1.807) is 12.1 Å². The number of benzene rings is 1. The number of carbonyl (C=O) groups excluding carboxylic acids is 1. The lowest BCUT2D eigenvalue weighted by Gasteiger charge is -2.33. The molecular formula is C15H21FN2O2. The first kappa shape index (κ1) is 14.8. The van der Waals surface area contributed by atoms with Crippen molar-refractivity contribution in [3.63, 3.8) is 0 Å². The lowest BCUT2D eigenvalue weighted by molar-refractivity contribution is -0.136. The van der Waals surface area contributed by atoms with Crippen LogP contribution in [-0.2, 0) is 4.79 Å². The van der Waals surface area contributed by atoms with Crippen molar-refractivity contribution in [1.29, 1.82) is 0 Å². The van der Waals surface area contributed by atoms with Crippen molar-refractivity contribution in [3.05, 3.63) is 30.1 Å². The molecule has 110 valence electrons. The van der Waals surface area contributed by atoms with Crippen LogP contribution in [0.1, 0.15) is 19.8 Å². The molecule has 1 aliphatic rings. The fraction of sp³-hybridized carbons (Fsp3) is 0.533. The van der Waals surface area contributed by atoms with Crippen LogP contribution in [0, 0.1) is 11.7 Å². The van der Waals surface area contributed by atoms with E-state index in [0.29, 0.717) is 25.4 Å². The number of hydrogen-bond donors (Lipinski definition) is 1. The summed E-state index contributed by atoms with van der Waals surface area (Å²) in [6.45, 7) is 3.61. The SMILES string of the molecule is CC(CN)C(=O)N1CCC(Oc2ccc(F)cc2)CC1. The summed E-state index contributed by atoms with van der Waals surface area (Å²) in [6, 6.07) is 6.03. The van der Waals surface area contributed by atoms with Gasteiger partial charge in [-0.3, -0.25) is 4.79 Å². The molecule has 1 fully saturated rings. The highest BCUT2D eigenvalue weighted by Crippen LogP contribution is 2.20. The van der Waals surface area contributed by atoms with Gasteiger partial charge in [-0.05, 0) is 24.3 Å². The summed E-state index contributed by atoms with van der Waals surface area (Å²) in [4.78, 5) is 13.8. The summed E-state index contributed by atoms with van der Waals surface area (Å²) in [6.07, 6.45) is 1.67. The smallest absolute Gasteiger partial charge is 0.226 e. The van der Waals surface area contributed by atoms with Gasteiger partial charge in [-0.25, -0.2) is 4.39 Å². The molecule has 2 rings (SSSR count). The third-order valence-corrected chi connectivity index (χ3v) is 3.65. The van der Waals surface area contributed by atoms with E-state index in [0.717, 1.165) is 12.8 Å². The maximum atomic E-state index is 12.8. The average Bonchev–Trinajstić information content (AvgIpc) is 2.49. The number of ether oxygens (including phenoxy) is 1. The summed E-state index contributed by atoms with van der Waals surface area (Å²) in [5, 5.41) is 0. The van der Waals surface area contributed by atoms with Crippen molar-refractivity contribution in [2.24, 2.45) is 11.7 Å². The molecule has 1 saturated heterocycles. The van der Waals surface area contributed by atoms with Gasteiger partial charge in [0.25, 0.3) is 0 Å². The van der Waals surface area contributed by atoms with E-state index in [1.807, 2.05) is 11.8 Å². The first-order valence-corrected chi connectivity index (χ1v) is 7.01. The van der Waals surface area contributed by atoms with E-state index < -0.39 is 0 Å². The molecule has 0 aliphatic carbocycles. The molecule has 0 saturated carbocycles. The number of nitrogens with zero attached hydrogens (tertiary/aromatic N) is 1. The lowest BCUT2D eigenvalue weighted by atomic mass is 10.0. The Kier molecular flexibility index (Phi) is 4.95. The summed E-state index contributed by atoms with van der Waals surface area (Å²) >= 11 is 0. The zero-order chi connectivity index (χ0) is 14.5. The zero-order valence-corrected chi connectivity index (χ0v) is 11.7. The van der Waals surface area contributed by atoms with Gasteiger partial charge in [-0.15, -0.1) is 0 Å². The number of carbonyl (C=O) groups is 1. The molecule has 0 bridgehead atoms. The number of piperidine rings is 1. The third kappa shape index (κ3) is 3.70. The maximum Gasteiger partial charge on any atom is 0.226 e. The highest BCUT2D eigenvalue weighted by atomic mass is 19.1. The first-order chi connectivity index (χ1) is 9.60. The minimum atomic E-state index is -0.270. The van der Waals surface area contributed by atoms with E-state index in [4.69, 9.17) is 10.5 Å². The minimum absolute atomic E-state index is 0.0812. The quantitative estimate of drug-likeness (QED) is 0.915. The average molecular weight is 280 g/mol. The van der Waals surface area contributed by atoms with Crippen molar-refractivity contribution in [2.75, 3.05) is 19.6 Å². The molecule has 1 aromatic carbocycles. The maximum absolute atomic E-state index is 12.8. The van der Waals surface area contributed by atoms with Crippen LogP contribution in [-0.4, -0.2) is 36.5 Å². The molecule has 1 amide bonds. The third-order valence-electron chi connectivity index (χ3n) is 3.65. The monoisotopic (exact) mass is 280 g/mol. The highest BCUT2D eigenvalue weighted by molar-refractivity contribution is 5.78. The van der Waals surface area contributed by atoms with Crippen molar-refractivity contribution < 1.29 is 13.9 Å². The van der Waals surface area contributed by atoms with Crippen molar-refractivity contribution in [3.8, 4) is 5.75 Å². The Balaban J connectivity index is 1.82. The van der Waals surface area contributed by atoms with Crippen LogP contribution in [0.25, 0.3) is 0 Å². The van der Waals surface area contributed by atoms with E-state index in [-0.39, 0.29) is 23.7 Å². The molecule has 1 heterocycles.